The average molecular weight is 323 g/mol. The molecule has 108 valence electrons. The van der Waals surface area contributed by atoms with Crippen LogP contribution in [0.15, 0.2) is 17.6 Å². The molecular weight excluding hydrogens is 313 g/mol. The molecule has 0 saturated carbocycles. The maximum absolute atomic E-state index is 12.6. The molecule has 2 rings (SSSR count). The third-order valence-corrected chi connectivity index (χ3v) is 3.65. The van der Waals surface area contributed by atoms with Gasteiger partial charge in [-0.3, -0.25) is 0 Å². The fraction of sp³-hybridized carbons (Fsp3) is 0.364. The van der Waals surface area contributed by atoms with Gasteiger partial charge in [-0.25, -0.2) is 15.0 Å². The first kappa shape index (κ1) is 15.0. The van der Waals surface area contributed by atoms with Gasteiger partial charge in [-0.2, -0.15) is 13.2 Å². The fourth-order valence-corrected chi connectivity index (χ4v) is 2.42. The minimum absolute atomic E-state index is 0.00229. The monoisotopic (exact) mass is 322 g/mol. The molecule has 0 unspecified atom stereocenters. The molecule has 0 bridgehead atoms. The van der Waals surface area contributed by atoms with Crippen molar-refractivity contribution in [3.63, 3.8) is 0 Å². The van der Waals surface area contributed by atoms with Crippen LogP contribution in [0.4, 0.5) is 19.0 Å². The van der Waals surface area contributed by atoms with Gasteiger partial charge in [-0.15, -0.1) is 11.3 Å². The molecule has 0 atom stereocenters. The largest absolute Gasteiger partial charge is 0.451 e. The van der Waals surface area contributed by atoms with E-state index in [2.05, 4.69) is 20.3 Å². The average Bonchev–Trinajstić information content (AvgIpc) is 2.79. The zero-order valence-corrected chi connectivity index (χ0v) is 12.1. The molecule has 0 fully saturated rings. The minimum atomic E-state index is -4.65. The second-order valence-electron chi connectivity index (χ2n) is 4.48. The fourth-order valence-electron chi connectivity index (χ4n) is 1.51. The van der Waals surface area contributed by atoms with E-state index in [9.17, 15) is 13.2 Å². The molecule has 0 saturated heterocycles. The van der Waals surface area contributed by atoms with Crippen LogP contribution < -0.4 is 5.32 Å². The predicted octanol–water partition coefficient (Wildman–Crippen LogP) is 3.95. The Kier molecular flexibility index (Phi) is 3.88. The highest BCUT2D eigenvalue weighted by atomic mass is 35.5. The molecule has 0 aliphatic carbocycles. The van der Waals surface area contributed by atoms with Crippen molar-refractivity contribution in [1.29, 1.82) is 0 Å². The van der Waals surface area contributed by atoms with Gasteiger partial charge in [-0.1, -0.05) is 11.6 Å². The second-order valence-corrected chi connectivity index (χ2v) is 5.77. The van der Waals surface area contributed by atoms with E-state index in [0.29, 0.717) is 0 Å². The van der Waals surface area contributed by atoms with E-state index < -0.39 is 17.5 Å². The number of hydrogen-bond donors (Lipinski definition) is 1. The number of nitrogens with one attached hydrogen (secondary N) is 1. The van der Waals surface area contributed by atoms with Gasteiger partial charge in [0.25, 0.3) is 0 Å². The number of rotatable bonds is 3. The Hall–Kier alpha value is -1.41. The molecule has 1 N–H and O–H groups in total. The van der Waals surface area contributed by atoms with E-state index in [0.717, 1.165) is 5.01 Å². The van der Waals surface area contributed by atoms with E-state index in [1.807, 2.05) is 0 Å². The Bertz CT molecular complexity index is 598. The van der Waals surface area contributed by atoms with Crippen molar-refractivity contribution >= 4 is 28.8 Å². The van der Waals surface area contributed by atoms with Crippen LogP contribution in [0.2, 0.25) is 5.15 Å². The van der Waals surface area contributed by atoms with E-state index in [1.165, 1.54) is 17.4 Å². The van der Waals surface area contributed by atoms with Gasteiger partial charge in [0.1, 0.15) is 16.0 Å². The summed E-state index contributed by atoms with van der Waals surface area (Å²) in [5, 5.41) is 5.12. The number of aromatic nitrogens is 3. The van der Waals surface area contributed by atoms with Gasteiger partial charge in [0, 0.05) is 17.6 Å². The van der Waals surface area contributed by atoms with Gasteiger partial charge in [0.05, 0.1) is 5.54 Å². The second kappa shape index (κ2) is 5.17. The summed E-state index contributed by atoms with van der Waals surface area (Å²) in [7, 11) is 0. The third kappa shape index (κ3) is 3.37. The highest BCUT2D eigenvalue weighted by molar-refractivity contribution is 7.09. The van der Waals surface area contributed by atoms with Crippen LogP contribution >= 0.6 is 22.9 Å². The summed E-state index contributed by atoms with van der Waals surface area (Å²) in [6.45, 7) is 3.57. The smallest absolute Gasteiger partial charge is 0.359 e. The summed E-state index contributed by atoms with van der Waals surface area (Å²) in [5.74, 6) is -1.28. The molecular formula is C11H10ClF3N4S. The zero-order chi connectivity index (χ0) is 15.0. The Morgan fingerprint density at radius 1 is 1.25 bits per heavy atom. The number of anilines is 1. The molecule has 0 aromatic carbocycles. The lowest BCUT2D eigenvalue weighted by atomic mass is 10.1. The first-order valence-corrected chi connectivity index (χ1v) is 6.74. The number of alkyl halides is 3. The molecule has 9 heteroatoms. The lowest BCUT2D eigenvalue weighted by Gasteiger charge is -2.24. The number of nitrogens with zero attached hydrogens (tertiary/aromatic N) is 3. The van der Waals surface area contributed by atoms with Gasteiger partial charge in [0.15, 0.2) is 0 Å². The van der Waals surface area contributed by atoms with Crippen LogP contribution in [0.5, 0.6) is 0 Å². The van der Waals surface area contributed by atoms with Crippen molar-refractivity contribution in [3.05, 3.63) is 33.6 Å². The van der Waals surface area contributed by atoms with Crippen LogP contribution in [-0.2, 0) is 11.7 Å². The van der Waals surface area contributed by atoms with Crippen molar-refractivity contribution in [3.8, 4) is 0 Å². The highest BCUT2D eigenvalue weighted by Crippen LogP contribution is 2.31. The Labute approximate surface area is 122 Å². The molecule has 2 heterocycles. The molecule has 0 spiro atoms. The van der Waals surface area contributed by atoms with Gasteiger partial charge < -0.3 is 5.32 Å². The quantitative estimate of drug-likeness (QED) is 0.869. The normalized spacial score (nSPS) is 12.5. The van der Waals surface area contributed by atoms with Gasteiger partial charge in [-0.05, 0) is 13.8 Å². The minimum Gasteiger partial charge on any atom is -0.359 e. The predicted molar refractivity (Wildman–Crippen MR) is 70.8 cm³/mol. The van der Waals surface area contributed by atoms with Gasteiger partial charge >= 0.3 is 6.18 Å². The Balaban J connectivity index is 2.32. The topological polar surface area (TPSA) is 50.7 Å². The summed E-state index contributed by atoms with van der Waals surface area (Å²) in [5.41, 5.74) is -0.672. The third-order valence-electron chi connectivity index (χ3n) is 2.36. The first-order valence-electron chi connectivity index (χ1n) is 5.48. The summed E-state index contributed by atoms with van der Waals surface area (Å²) in [6.07, 6.45) is -3.02. The van der Waals surface area contributed by atoms with Crippen LogP contribution in [0.3, 0.4) is 0 Å². The van der Waals surface area contributed by atoms with Crippen LogP contribution in [0.25, 0.3) is 0 Å². The summed E-state index contributed by atoms with van der Waals surface area (Å²) < 4.78 is 37.9. The van der Waals surface area contributed by atoms with Crippen LogP contribution in [0, 0.1) is 0 Å². The lowest BCUT2D eigenvalue weighted by Crippen LogP contribution is -2.29. The number of hydrogen-bond acceptors (Lipinski definition) is 5. The standard InChI is InChI=1S/C11H10ClF3N4S/c1-10(2,9-16-3-4-20-9)19-7-5-6(12)17-8(18-7)11(13,14)15/h3-5H,1-2H3,(H,17,18,19). The van der Waals surface area contributed by atoms with Crippen molar-refractivity contribution in [2.45, 2.75) is 25.6 Å². The van der Waals surface area contributed by atoms with Crippen molar-refractivity contribution in [1.82, 2.24) is 15.0 Å². The molecule has 0 aliphatic heterocycles. The SMILES string of the molecule is CC(C)(Nc1cc(Cl)nc(C(F)(F)F)n1)c1nccs1. The highest BCUT2D eigenvalue weighted by Gasteiger charge is 2.36. The Morgan fingerprint density at radius 2 is 1.95 bits per heavy atom. The number of halogens is 4. The summed E-state index contributed by atoms with van der Waals surface area (Å²) >= 11 is 7.00. The maximum Gasteiger partial charge on any atom is 0.451 e. The van der Waals surface area contributed by atoms with E-state index in [-0.39, 0.29) is 11.0 Å². The molecule has 0 aliphatic rings. The molecule has 0 radical (unpaired) electrons. The number of thiazole rings is 1. The molecule has 0 amide bonds. The Morgan fingerprint density at radius 3 is 2.50 bits per heavy atom. The molecule has 2 aromatic heterocycles. The molecule has 4 nitrogen and oxygen atoms in total. The van der Waals surface area contributed by atoms with E-state index >= 15 is 0 Å². The summed E-state index contributed by atoms with van der Waals surface area (Å²) in [6, 6.07) is 1.24. The van der Waals surface area contributed by atoms with Crippen molar-refractivity contribution in [2.75, 3.05) is 5.32 Å². The molecule has 20 heavy (non-hydrogen) atoms. The lowest BCUT2D eigenvalue weighted by molar-refractivity contribution is -0.144. The summed E-state index contributed by atoms with van der Waals surface area (Å²) in [4.78, 5) is 10.8. The van der Waals surface area contributed by atoms with Gasteiger partial charge in [0.2, 0.25) is 5.82 Å². The van der Waals surface area contributed by atoms with Crippen molar-refractivity contribution in [2.24, 2.45) is 0 Å². The first-order chi connectivity index (χ1) is 9.18. The zero-order valence-electron chi connectivity index (χ0n) is 10.5. The van der Waals surface area contributed by atoms with Crippen molar-refractivity contribution < 1.29 is 13.2 Å². The molecule has 2 aromatic rings. The van der Waals surface area contributed by atoms with E-state index in [4.69, 9.17) is 11.6 Å². The maximum atomic E-state index is 12.6. The van der Waals surface area contributed by atoms with Crippen LogP contribution in [0.1, 0.15) is 24.7 Å². The van der Waals surface area contributed by atoms with E-state index in [1.54, 1.807) is 25.4 Å². The van der Waals surface area contributed by atoms with Crippen LogP contribution in [-0.4, -0.2) is 15.0 Å².